The van der Waals surface area contributed by atoms with Crippen LogP contribution in [-0.2, 0) is 15.7 Å². The molecule has 0 bridgehead atoms. The third-order valence-electron chi connectivity index (χ3n) is 6.25. The van der Waals surface area contributed by atoms with Crippen molar-refractivity contribution in [2.45, 2.75) is 69.1 Å². The number of carbonyl (C=O) groups is 1. The third kappa shape index (κ3) is 8.82. The maximum Gasteiger partial charge on any atom is 0.416 e. The number of aliphatic hydroxyl groups excluding tert-OH is 3. The molecule has 1 aliphatic rings. The van der Waals surface area contributed by atoms with Crippen LogP contribution in [0.15, 0.2) is 36.4 Å². The maximum absolute atomic E-state index is 12.9. The van der Waals surface area contributed by atoms with Crippen LogP contribution in [0.4, 0.5) is 13.2 Å². The van der Waals surface area contributed by atoms with Crippen molar-refractivity contribution in [1.82, 2.24) is 0 Å². The van der Waals surface area contributed by atoms with Crippen LogP contribution in [0.25, 0.3) is 0 Å². The van der Waals surface area contributed by atoms with E-state index in [2.05, 4.69) is 16.6 Å². The summed E-state index contributed by atoms with van der Waals surface area (Å²) < 4.78 is 48.7. The SMILES string of the molecule is CCC(O)(/C=C/[C@@H]1[C@@H](CC(O)C#CCCC(=O)OC)[C@@H](O)C[C@H]1O)COc1cccc(C(F)(F)F)c1. The molecule has 0 heterocycles. The molecule has 1 fully saturated rings. The highest BCUT2D eigenvalue weighted by Gasteiger charge is 2.41. The number of alkyl halides is 3. The molecule has 1 aromatic rings. The maximum atomic E-state index is 12.9. The van der Waals surface area contributed by atoms with Crippen LogP contribution in [0.3, 0.4) is 0 Å². The Bertz CT molecular complexity index is 953. The molecule has 2 unspecified atom stereocenters. The number of halogens is 3. The first kappa shape index (κ1) is 29.6. The normalized spacial score (nSPS) is 24.6. The number of aliphatic hydroxyl groups is 4. The van der Waals surface area contributed by atoms with Crippen LogP contribution in [-0.4, -0.2) is 64.0 Å². The van der Waals surface area contributed by atoms with Gasteiger partial charge < -0.3 is 29.9 Å². The van der Waals surface area contributed by atoms with Crippen molar-refractivity contribution in [2.24, 2.45) is 11.8 Å². The number of hydrogen-bond acceptors (Lipinski definition) is 7. The lowest BCUT2D eigenvalue weighted by atomic mass is 9.86. The summed E-state index contributed by atoms with van der Waals surface area (Å²) in [7, 11) is 1.27. The van der Waals surface area contributed by atoms with Crippen molar-refractivity contribution in [3.63, 3.8) is 0 Å². The van der Waals surface area contributed by atoms with Gasteiger partial charge in [0.2, 0.25) is 0 Å². The molecule has 0 spiro atoms. The summed E-state index contributed by atoms with van der Waals surface area (Å²) in [4.78, 5) is 11.1. The highest BCUT2D eigenvalue weighted by atomic mass is 19.4. The van der Waals surface area contributed by atoms with Gasteiger partial charge in [-0.2, -0.15) is 13.2 Å². The van der Waals surface area contributed by atoms with Crippen molar-refractivity contribution >= 4 is 5.97 Å². The van der Waals surface area contributed by atoms with Gasteiger partial charge in [0.05, 0.1) is 31.3 Å². The van der Waals surface area contributed by atoms with E-state index >= 15 is 0 Å². The molecule has 2 rings (SSSR count). The van der Waals surface area contributed by atoms with Crippen LogP contribution in [0.5, 0.6) is 5.75 Å². The highest BCUT2D eigenvalue weighted by molar-refractivity contribution is 5.69. The van der Waals surface area contributed by atoms with Crippen LogP contribution >= 0.6 is 0 Å². The molecule has 6 atom stereocenters. The van der Waals surface area contributed by atoms with Gasteiger partial charge in [0.15, 0.2) is 0 Å². The molecule has 0 aromatic heterocycles. The third-order valence-corrected chi connectivity index (χ3v) is 6.25. The van der Waals surface area contributed by atoms with Crippen LogP contribution in [0.1, 0.15) is 44.6 Å². The van der Waals surface area contributed by atoms with E-state index in [1.165, 1.54) is 25.3 Å². The molecule has 0 radical (unpaired) electrons. The molecule has 7 nitrogen and oxygen atoms in total. The summed E-state index contributed by atoms with van der Waals surface area (Å²) in [6.07, 6.45) is -3.89. The van der Waals surface area contributed by atoms with Gasteiger partial charge in [-0.15, -0.1) is 0 Å². The number of carbonyl (C=O) groups excluding carboxylic acids is 1. The molecular formula is C26H33F3O7. The molecule has 4 N–H and O–H groups in total. The molecule has 36 heavy (non-hydrogen) atoms. The zero-order valence-electron chi connectivity index (χ0n) is 20.2. The second-order valence-electron chi connectivity index (χ2n) is 8.89. The van der Waals surface area contributed by atoms with Gasteiger partial charge in [-0.25, -0.2) is 0 Å². The standard InChI is InChI=1S/C26H33F3O7/c1-3-25(34,16-36-19-9-6-7-17(13-19)26(27,28)29)12-11-20-21(23(32)15-22(20)31)14-18(30)8-4-5-10-24(33)35-2/h6-7,9,11-13,18,20-23,30-32,34H,3,5,10,14-16H2,1-2H3/b12-11+/t18?,20-,21-,22-,23+,25?/m1/s1. The van der Waals surface area contributed by atoms with Crippen molar-refractivity contribution in [3.8, 4) is 17.6 Å². The fourth-order valence-corrected chi connectivity index (χ4v) is 4.01. The van der Waals surface area contributed by atoms with Crippen LogP contribution in [0, 0.1) is 23.7 Å². The van der Waals surface area contributed by atoms with Crippen molar-refractivity contribution < 1.29 is 47.9 Å². The number of ether oxygens (including phenoxy) is 2. The second-order valence-corrected chi connectivity index (χ2v) is 8.89. The fraction of sp³-hybridized carbons (Fsp3) is 0.577. The zero-order valence-corrected chi connectivity index (χ0v) is 20.2. The van der Waals surface area contributed by atoms with E-state index in [-0.39, 0.29) is 44.5 Å². The lowest BCUT2D eigenvalue weighted by Gasteiger charge is -2.26. The van der Waals surface area contributed by atoms with E-state index in [4.69, 9.17) is 4.74 Å². The summed E-state index contributed by atoms with van der Waals surface area (Å²) in [6, 6.07) is 4.34. The lowest BCUT2D eigenvalue weighted by Crippen LogP contribution is -2.34. The first-order valence-electron chi connectivity index (χ1n) is 11.7. The van der Waals surface area contributed by atoms with Gasteiger partial charge in [-0.05, 0) is 37.0 Å². The van der Waals surface area contributed by atoms with Gasteiger partial charge in [-0.3, -0.25) is 4.79 Å². The predicted molar refractivity (Wildman–Crippen MR) is 125 cm³/mol. The number of hydrogen-bond donors (Lipinski definition) is 4. The van der Waals surface area contributed by atoms with E-state index in [0.717, 1.165) is 12.1 Å². The quantitative estimate of drug-likeness (QED) is 0.216. The minimum atomic E-state index is -4.52. The molecule has 1 aromatic carbocycles. The molecule has 1 aliphatic carbocycles. The van der Waals surface area contributed by atoms with E-state index < -0.39 is 53.5 Å². The Hall–Kier alpha value is -2.58. The smallest absolute Gasteiger partial charge is 0.416 e. The van der Waals surface area contributed by atoms with Gasteiger partial charge in [-0.1, -0.05) is 37.0 Å². The summed E-state index contributed by atoms with van der Waals surface area (Å²) >= 11 is 0. The Kier molecular flexibility index (Phi) is 10.8. The molecule has 10 heteroatoms. The first-order valence-corrected chi connectivity index (χ1v) is 11.7. The van der Waals surface area contributed by atoms with Gasteiger partial charge in [0, 0.05) is 18.8 Å². The topological polar surface area (TPSA) is 116 Å². The molecule has 0 aliphatic heterocycles. The predicted octanol–water partition coefficient (Wildman–Crippen LogP) is 2.85. The molecule has 1 saturated carbocycles. The van der Waals surface area contributed by atoms with E-state index in [9.17, 15) is 38.4 Å². The monoisotopic (exact) mass is 514 g/mol. The molecule has 0 amide bonds. The van der Waals surface area contributed by atoms with Crippen molar-refractivity contribution in [2.75, 3.05) is 13.7 Å². The Morgan fingerprint density at radius 2 is 2.00 bits per heavy atom. The minimum absolute atomic E-state index is 0.0480. The number of benzene rings is 1. The lowest BCUT2D eigenvalue weighted by molar-refractivity contribution is -0.140. The summed E-state index contributed by atoms with van der Waals surface area (Å²) in [5.41, 5.74) is -2.41. The zero-order chi connectivity index (χ0) is 26.9. The Labute approximate surface area is 208 Å². The van der Waals surface area contributed by atoms with Gasteiger partial charge in [0.25, 0.3) is 0 Å². The summed E-state index contributed by atoms with van der Waals surface area (Å²) in [5.74, 6) is 3.69. The highest BCUT2D eigenvalue weighted by Crippen LogP contribution is 2.37. The average Bonchev–Trinajstić information content (AvgIpc) is 3.10. The number of esters is 1. The van der Waals surface area contributed by atoms with Crippen molar-refractivity contribution in [3.05, 3.63) is 42.0 Å². The van der Waals surface area contributed by atoms with Crippen LogP contribution < -0.4 is 4.74 Å². The minimum Gasteiger partial charge on any atom is -0.490 e. The Balaban J connectivity index is 2.04. The fourth-order valence-electron chi connectivity index (χ4n) is 4.01. The van der Waals surface area contributed by atoms with Crippen molar-refractivity contribution in [1.29, 1.82) is 0 Å². The summed E-state index contributed by atoms with van der Waals surface area (Å²) in [6.45, 7) is 1.34. The second kappa shape index (κ2) is 13.1. The van der Waals surface area contributed by atoms with E-state index in [1.807, 2.05) is 0 Å². The molecular weight excluding hydrogens is 481 g/mol. The van der Waals surface area contributed by atoms with Crippen LogP contribution in [0.2, 0.25) is 0 Å². The average molecular weight is 515 g/mol. The van der Waals surface area contributed by atoms with E-state index in [1.54, 1.807) is 13.0 Å². The first-order chi connectivity index (χ1) is 16.9. The van der Waals surface area contributed by atoms with Gasteiger partial charge in [0.1, 0.15) is 24.1 Å². The molecule has 0 saturated heterocycles. The molecule has 200 valence electrons. The van der Waals surface area contributed by atoms with E-state index in [0.29, 0.717) is 0 Å². The largest absolute Gasteiger partial charge is 0.490 e. The number of rotatable bonds is 10. The Morgan fingerprint density at radius 3 is 2.64 bits per heavy atom. The Morgan fingerprint density at radius 1 is 1.28 bits per heavy atom. The summed E-state index contributed by atoms with van der Waals surface area (Å²) in [5, 5.41) is 42.0. The van der Waals surface area contributed by atoms with Gasteiger partial charge >= 0.3 is 12.1 Å². The number of methoxy groups -OCH3 is 1.